The molecule has 2 aromatic rings. The SMILES string of the molecule is O=S(=O)(Nc1ccc(F)c(Cl)c1)c1cnc(Cl)c(Cl)c1. The number of anilines is 1. The summed E-state index contributed by atoms with van der Waals surface area (Å²) in [5.41, 5.74) is 0.113. The van der Waals surface area contributed by atoms with Gasteiger partial charge in [0.2, 0.25) is 0 Å². The van der Waals surface area contributed by atoms with E-state index in [0.29, 0.717) is 0 Å². The van der Waals surface area contributed by atoms with E-state index in [0.717, 1.165) is 24.4 Å². The lowest BCUT2D eigenvalue weighted by Gasteiger charge is -2.09. The molecule has 4 nitrogen and oxygen atoms in total. The number of rotatable bonds is 3. The Morgan fingerprint density at radius 3 is 2.40 bits per heavy atom. The third kappa shape index (κ3) is 3.32. The molecule has 1 aromatic heterocycles. The molecule has 0 aliphatic rings. The van der Waals surface area contributed by atoms with Gasteiger partial charge in [-0.05, 0) is 24.3 Å². The second-order valence-electron chi connectivity index (χ2n) is 3.68. The van der Waals surface area contributed by atoms with Crippen LogP contribution in [0.1, 0.15) is 0 Å². The van der Waals surface area contributed by atoms with E-state index in [-0.39, 0.29) is 25.8 Å². The van der Waals surface area contributed by atoms with Gasteiger partial charge in [-0.25, -0.2) is 17.8 Å². The molecule has 9 heteroatoms. The number of benzene rings is 1. The van der Waals surface area contributed by atoms with Crippen LogP contribution in [0.5, 0.6) is 0 Å². The summed E-state index contributed by atoms with van der Waals surface area (Å²) in [5.74, 6) is -0.647. The zero-order chi connectivity index (χ0) is 14.9. The predicted octanol–water partition coefficient (Wildman–Crippen LogP) is 3.98. The molecule has 0 amide bonds. The number of nitrogens with zero attached hydrogens (tertiary/aromatic N) is 1. The van der Waals surface area contributed by atoms with E-state index in [2.05, 4.69) is 9.71 Å². The van der Waals surface area contributed by atoms with E-state index >= 15 is 0 Å². The van der Waals surface area contributed by atoms with Gasteiger partial charge in [0.25, 0.3) is 10.0 Å². The minimum Gasteiger partial charge on any atom is -0.280 e. The molecule has 0 aliphatic heterocycles. The topological polar surface area (TPSA) is 59.1 Å². The highest BCUT2D eigenvalue weighted by Gasteiger charge is 2.17. The van der Waals surface area contributed by atoms with Crippen molar-refractivity contribution < 1.29 is 12.8 Å². The molecule has 0 radical (unpaired) electrons. The summed E-state index contributed by atoms with van der Waals surface area (Å²) in [6.45, 7) is 0. The number of sulfonamides is 1. The molecule has 1 heterocycles. The first kappa shape index (κ1) is 15.3. The molecule has 1 N–H and O–H groups in total. The summed E-state index contributed by atoms with van der Waals surface area (Å²) < 4.78 is 39.4. The number of nitrogens with one attached hydrogen (secondary N) is 1. The zero-order valence-corrected chi connectivity index (χ0v) is 12.7. The fourth-order valence-electron chi connectivity index (χ4n) is 1.32. The molecular formula is C11H6Cl3FN2O2S. The second kappa shape index (κ2) is 5.73. The molecule has 0 aliphatic carbocycles. The molecular weight excluding hydrogens is 350 g/mol. The van der Waals surface area contributed by atoms with E-state index in [1.54, 1.807) is 0 Å². The van der Waals surface area contributed by atoms with Crippen molar-refractivity contribution in [1.29, 1.82) is 0 Å². The third-order valence-corrected chi connectivity index (χ3v) is 4.58. The van der Waals surface area contributed by atoms with Crippen molar-refractivity contribution in [3.05, 3.63) is 51.5 Å². The minimum absolute atomic E-state index is 0.00422. The first-order valence-electron chi connectivity index (χ1n) is 5.08. The van der Waals surface area contributed by atoms with Gasteiger partial charge in [0, 0.05) is 6.20 Å². The van der Waals surface area contributed by atoms with Crippen molar-refractivity contribution >= 4 is 50.5 Å². The highest BCUT2D eigenvalue weighted by molar-refractivity contribution is 7.92. The Kier molecular flexibility index (Phi) is 4.39. The number of halogens is 4. The summed E-state index contributed by atoms with van der Waals surface area (Å²) in [5, 5.41) is -0.195. The first-order chi connectivity index (χ1) is 9.29. The van der Waals surface area contributed by atoms with Crippen LogP contribution in [0.2, 0.25) is 15.2 Å². The molecule has 0 fully saturated rings. The van der Waals surface area contributed by atoms with Crippen LogP contribution >= 0.6 is 34.8 Å². The van der Waals surface area contributed by atoms with Crippen LogP contribution in [0.4, 0.5) is 10.1 Å². The summed E-state index contributed by atoms with van der Waals surface area (Å²) in [6, 6.07) is 4.60. The minimum atomic E-state index is -3.92. The van der Waals surface area contributed by atoms with Gasteiger partial charge in [-0.15, -0.1) is 0 Å². The largest absolute Gasteiger partial charge is 0.280 e. The first-order valence-corrected chi connectivity index (χ1v) is 7.70. The lowest BCUT2D eigenvalue weighted by atomic mass is 10.3. The molecule has 2 rings (SSSR count). The van der Waals surface area contributed by atoms with Crippen LogP contribution in [0.25, 0.3) is 0 Å². The van der Waals surface area contributed by atoms with Gasteiger partial charge < -0.3 is 0 Å². The number of hydrogen-bond donors (Lipinski definition) is 1. The number of hydrogen-bond acceptors (Lipinski definition) is 3. The van der Waals surface area contributed by atoms with Crippen LogP contribution in [0.15, 0.2) is 35.4 Å². The van der Waals surface area contributed by atoms with Crippen molar-refractivity contribution in [1.82, 2.24) is 4.98 Å². The van der Waals surface area contributed by atoms with Gasteiger partial charge in [-0.3, -0.25) is 4.72 Å². The maximum absolute atomic E-state index is 13.0. The molecule has 0 saturated heterocycles. The van der Waals surface area contributed by atoms with E-state index < -0.39 is 15.8 Å². The van der Waals surface area contributed by atoms with Crippen LogP contribution in [-0.4, -0.2) is 13.4 Å². The van der Waals surface area contributed by atoms with Crippen LogP contribution < -0.4 is 4.72 Å². The average Bonchev–Trinajstić information content (AvgIpc) is 2.37. The quantitative estimate of drug-likeness (QED) is 0.847. The monoisotopic (exact) mass is 354 g/mol. The van der Waals surface area contributed by atoms with Crippen molar-refractivity contribution in [2.45, 2.75) is 4.90 Å². The molecule has 0 atom stereocenters. The fraction of sp³-hybridized carbons (Fsp3) is 0. The van der Waals surface area contributed by atoms with E-state index in [4.69, 9.17) is 34.8 Å². The van der Waals surface area contributed by atoms with Gasteiger partial charge in [0.1, 0.15) is 15.9 Å². The van der Waals surface area contributed by atoms with E-state index in [1.807, 2.05) is 0 Å². The van der Waals surface area contributed by atoms with Crippen molar-refractivity contribution in [3.63, 3.8) is 0 Å². The van der Waals surface area contributed by atoms with E-state index in [1.165, 1.54) is 6.07 Å². The number of pyridine rings is 1. The summed E-state index contributed by atoms with van der Waals surface area (Å²) >= 11 is 16.9. The number of aromatic nitrogens is 1. The van der Waals surface area contributed by atoms with Crippen LogP contribution in [-0.2, 0) is 10.0 Å². The van der Waals surface area contributed by atoms with Gasteiger partial charge in [-0.1, -0.05) is 34.8 Å². The normalized spacial score (nSPS) is 11.4. The van der Waals surface area contributed by atoms with Gasteiger partial charge in [-0.2, -0.15) is 0 Å². The lowest BCUT2D eigenvalue weighted by Crippen LogP contribution is -2.13. The molecule has 20 heavy (non-hydrogen) atoms. The van der Waals surface area contributed by atoms with Crippen LogP contribution in [0, 0.1) is 5.82 Å². The molecule has 0 saturated carbocycles. The molecule has 1 aromatic carbocycles. The highest BCUT2D eigenvalue weighted by Crippen LogP contribution is 2.25. The van der Waals surface area contributed by atoms with Crippen molar-refractivity contribution in [3.8, 4) is 0 Å². The van der Waals surface area contributed by atoms with Crippen molar-refractivity contribution in [2.75, 3.05) is 4.72 Å². The predicted molar refractivity (Wildman–Crippen MR) is 76.5 cm³/mol. The summed E-state index contributed by atoms with van der Waals surface area (Å²) in [6.07, 6.45) is 1.06. The Bertz CT molecular complexity index is 768. The Morgan fingerprint density at radius 1 is 1.10 bits per heavy atom. The maximum Gasteiger partial charge on any atom is 0.263 e. The highest BCUT2D eigenvalue weighted by atomic mass is 35.5. The fourth-order valence-corrected chi connectivity index (χ4v) is 2.86. The van der Waals surface area contributed by atoms with Crippen LogP contribution in [0.3, 0.4) is 0 Å². The Morgan fingerprint density at radius 2 is 1.80 bits per heavy atom. The average molecular weight is 356 g/mol. The second-order valence-corrected chi connectivity index (χ2v) is 6.53. The summed E-state index contributed by atoms with van der Waals surface area (Å²) in [4.78, 5) is 3.47. The maximum atomic E-state index is 13.0. The van der Waals surface area contributed by atoms with Crippen molar-refractivity contribution in [2.24, 2.45) is 0 Å². The van der Waals surface area contributed by atoms with Gasteiger partial charge in [0.05, 0.1) is 15.7 Å². The van der Waals surface area contributed by atoms with E-state index in [9.17, 15) is 12.8 Å². The van der Waals surface area contributed by atoms with Gasteiger partial charge >= 0.3 is 0 Å². The Hall–Kier alpha value is -1.08. The third-order valence-electron chi connectivity index (χ3n) is 2.25. The Labute approximate surface area is 129 Å². The lowest BCUT2D eigenvalue weighted by molar-refractivity contribution is 0.600. The molecule has 106 valence electrons. The standard InChI is InChI=1S/C11H6Cl3FN2O2S/c12-8-3-6(1-2-10(8)15)17-20(18,19)7-4-9(13)11(14)16-5-7/h1-5,17H. The molecule has 0 spiro atoms. The van der Waals surface area contributed by atoms with Gasteiger partial charge in [0.15, 0.2) is 0 Å². The smallest absolute Gasteiger partial charge is 0.263 e. The molecule has 0 bridgehead atoms. The zero-order valence-electron chi connectivity index (χ0n) is 9.57. The summed E-state index contributed by atoms with van der Waals surface area (Å²) in [7, 11) is -3.92. The Balaban J connectivity index is 2.35. The molecule has 0 unspecified atom stereocenters.